The van der Waals surface area contributed by atoms with Gasteiger partial charge in [-0.05, 0) is 48.5 Å². The van der Waals surface area contributed by atoms with Crippen LogP contribution in [-0.4, -0.2) is 24.5 Å². The van der Waals surface area contributed by atoms with Crippen LogP contribution in [0.15, 0.2) is 48.5 Å². The average Bonchev–Trinajstić information content (AvgIpc) is 3.35. The van der Waals surface area contributed by atoms with Crippen LogP contribution in [0.5, 0.6) is 5.75 Å². The summed E-state index contributed by atoms with van der Waals surface area (Å²) in [6.07, 6.45) is 1.29. The average molecular weight is 331 g/mol. The minimum absolute atomic E-state index is 0.0951. The molecule has 0 unspecified atom stereocenters. The highest BCUT2D eigenvalue weighted by molar-refractivity contribution is 6.30. The third-order valence-corrected chi connectivity index (χ3v) is 4.05. The van der Waals surface area contributed by atoms with Gasteiger partial charge in [-0.1, -0.05) is 11.6 Å². The summed E-state index contributed by atoms with van der Waals surface area (Å²) in [7, 11) is 1.35. The lowest BCUT2D eigenvalue weighted by atomic mass is 10.0. The molecule has 0 radical (unpaired) electrons. The summed E-state index contributed by atoms with van der Waals surface area (Å²) in [6, 6.07) is 13.5. The monoisotopic (exact) mass is 330 g/mol. The Morgan fingerprint density at radius 2 is 1.48 bits per heavy atom. The number of rotatable bonds is 5. The van der Waals surface area contributed by atoms with Crippen molar-refractivity contribution < 1.29 is 19.1 Å². The Labute approximate surface area is 139 Å². The molecular weight excluding hydrogens is 316 g/mol. The summed E-state index contributed by atoms with van der Waals surface area (Å²) in [4.78, 5) is 24.0. The topological polar surface area (TPSA) is 52.6 Å². The summed E-state index contributed by atoms with van der Waals surface area (Å²) < 4.78 is 10.5. The summed E-state index contributed by atoms with van der Waals surface area (Å²) in [5, 5.41) is 0.586. The fourth-order valence-corrected chi connectivity index (χ4v) is 2.44. The van der Waals surface area contributed by atoms with Gasteiger partial charge >= 0.3 is 5.97 Å². The van der Waals surface area contributed by atoms with Crippen LogP contribution >= 0.6 is 11.6 Å². The first-order chi connectivity index (χ1) is 11.0. The number of ether oxygens (including phenoxy) is 2. The van der Waals surface area contributed by atoms with Crippen LogP contribution in [0.4, 0.5) is 0 Å². The number of benzene rings is 2. The van der Waals surface area contributed by atoms with Gasteiger partial charge < -0.3 is 9.47 Å². The molecule has 0 aliphatic heterocycles. The minimum atomic E-state index is -0.851. The summed E-state index contributed by atoms with van der Waals surface area (Å²) >= 11 is 5.82. The second kappa shape index (κ2) is 6.05. The van der Waals surface area contributed by atoms with Crippen molar-refractivity contribution in [1.29, 1.82) is 0 Å². The Bertz CT molecular complexity index is 731. The van der Waals surface area contributed by atoms with Crippen molar-refractivity contribution in [3.8, 4) is 5.75 Å². The van der Waals surface area contributed by atoms with Crippen molar-refractivity contribution in [2.45, 2.75) is 18.4 Å². The molecule has 118 valence electrons. The van der Waals surface area contributed by atoms with E-state index in [1.165, 1.54) is 7.11 Å². The molecule has 0 atom stereocenters. The second-order valence-corrected chi connectivity index (χ2v) is 5.88. The molecule has 0 heterocycles. The number of ketones is 1. The van der Waals surface area contributed by atoms with Crippen LogP contribution in [0.2, 0.25) is 5.02 Å². The molecule has 0 saturated heterocycles. The quantitative estimate of drug-likeness (QED) is 0.620. The lowest BCUT2D eigenvalue weighted by Crippen LogP contribution is -2.30. The maximum absolute atomic E-state index is 12.4. The molecule has 1 aliphatic rings. The van der Waals surface area contributed by atoms with Crippen LogP contribution in [0.1, 0.15) is 28.8 Å². The molecule has 0 amide bonds. The van der Waals surface area contributed by atoms with Crippen molar-refractivity contribution >= 4 is 23.4 Å². The van der Waals surface area contributed by atoms with Crippen LogP contribution in [-0.2, 0) is 9.53 Å². The molecular formula is C18H15ClO4. The molecule has 0 bridgehead atoms. The molecule has 0 N–H and O–H groups in total. The molecule has 0 aromatic heterocycles. The van der Waals surface area contributed by atoms with Crippen LogP contribution in [0, 0.1) is 0 Å². The number of hydrogen-bond acceptors (Lipinski definition) is 4. The van der Waals surface area contributed by atoms with Gasteiger partial charge in [0.1, 0.15) is 5.75 Å². The normalized spacial score (nSPS) is 14.9. The van der Waals surface area contributed by atoms with Crippen molar-refractivity contribution in [2.24, 2.45) is 0 Å². The number of hydrogen-bond donors (Lipinski definition) is 0. The van der Waals surface area contributed by atoms with E-state index in [0.29, 0.717) is 34.7 Å². The highest BCUT2D eigenvalue weighted by Gasteiger charge is 2.54. The highest BCUT2D eigenvalue weighted by atomic mass is 35.5. The zero-order valence-corrected chi connectivity index (χ0v) is 13.3. The molecule has 3 rings (SSSR count). The predicted molar refractivity (Wildman–Crippen MR) is 85.9 cm³/mol. The molecule has 2 aromatic rings. The second-order valence-electron chi connectivity index (χ2n) is 5.45. The van der Waals surface area contributed by atoms with Crippen molar-refractivity contribution in [3.63, 3.8) is 0 Å². The number of methoxy groups -OCH3 is 1. The lowest BCUT2D eigenvalue weighted by molar-refractivity contribution is -0.151. The number of carbonyl (C=O) groups is 2. The molecule has 1 fully saturated rings. The van der Waals surface area contributed by atoms with Crippen molar-refractivity contribution in [3.05, 3.63) is 64.7 Å². The van der Waals surface area contributed by atoms with Gasteiger partial charge in [-0.25, -0.2) is 4.79 Å². The van der Waals surface area contributed by atoms with Crippen LogP contribution in [0.25, 0.3) is 0 Å². The van der Waals surface area contributed by atoms with E-state index in [9.17, 15) is 9.59 Å². The van der Waals surface area contributed by atoms with E-state index >= 15 is 0 Å². The lowest BCUT2D eigenvalue weighted by Gasteiger charge is -2.15. The van der Waals surface area contributed by atoms with Gasteiger partial charge in [0, 0.05) is 29.0 Å². The van der Waals surface area contributed by atoms with Gasteiger partial charge in [0.05, 0.1) is 7.11 Å². The summed E-state index contributed by atoms with van der Waals surface area (Å²) in [6.45, 7) is 0. The fraction of sp³-hybridized carbons (Fsp3) is 0.222. The minimum Gasteiger partial charge on any atom is -0.476 e. The molecule has 0 spiro atoms. The first-order valence-corrected chi connectivity index (χ1v) is 7.60. The Morgan fingerprint density at radius 3 is 1.96 bits per heavy atom. The first kappa shape index (κ1) is 15.6. The van der Waals surface area contributed by atoms with Crippen LogP contribution in [0.3, 0.4) is 0 Å². The summed E-state index contributed by atoms with van der Waals surface area (Å²) in [5.41, 5.74) is 0.259. The van der Waals surface area contributed by atoms with E-state index in [0.717, 1.165) is 0 Å². The Balaban J connectivity index is 1.73. The fourth-order valence-electron chi connectivity index (χ4n) is 2.32. The standard InChI is InChI=1S/C18H15ClO4/c1-22-17(21)18(10-11-18)23-15-8-4-13(5-9-15)16(20)12-2-6-14(19)7-3-12/h2-9H,10-11H2,1H3. The van der Waals surface area contributed by atoms with Crippen molar-refractivity contribution in [2.75, 3.05) is 7.11 Å². The van der Waals surface area contributed by atoms with Gasteiger partial charge in [0.15, 0.2) is 5.78 Å². The van der Waals surface area contributed by atoms with Gasteiger partial charge in [-0.15, -0.1) is 0 Å². The number of esters is 1. The van der Waals surface area contributed by atoms with Crippen molar-refractivity contribution in [1.82, 2.24) is 0 Å². The predicted octanol–water partition coefficient (Wildman–Crippen LogP) is 3.66. The van der Waals surface area contributed by atoms with Gasteiger partial charge in [0.25, 0.3) is 0 Å². The molecule has 23 heavy (non-hydrogen) atoms. The van der Waals surface area contributed by atoms with Gasteiger partial charge in [-0.3, -0.25) is 4.79 Å². The van der Waals surface area contributed by atoms with E-state index in [2.05, 4.69) is 0 Å². The Kier molecular flexibility index (Phi) is 4.09. The third kappa shape index (κ3) is 3.22. The Hall–Kier alpha value is -2.33. The van der Waals surface area contributed by atoms with Gasteiger partial charge in [0.2, 0.25) is 5.60 Å². The molecule has 4 nitrogen and oxygen atoms in total. The smallest absolute Gasteiger partial charge is 0.350 e. The van der Waals surface area contributed by atoms with E-state index in [1.807, 2.05) is 0 Å². The molecule has 2 aromatic carbocycles. The van der Waals surface area contributed by atoms with Crippen LogP contribution < -0.4 is 4.74 Å². The number of carbonyl (C=O) groups excluding carboxylic acids is 2. The maximum atomic E-state index is 12.4. The maximum Gasteiger partial charge on any atom is 0.350 e. The Morgan fingerprint density at radius 1 is 0.957 bits per heavy atom. The van der Waals surface area contributed by atoms with Gasteiger partial charge in [-0.2, -0.15) is 0 Å². The molecule has 5 heteroatoms. The van der Waals surface area contributed by atoms with E-state index in [4.69, 9.17) is 21.1 Å². The first-order valence-electron chi connectivity index (χ1n) is 7.22. The largest absolute Gasteiger partial charge is 0.476 e. The summed E-state index contributed by atoms with van der Waals surface area (Å²) in [5.74, 6) is 0.0849. The van der Waals surface area contributed by atoms with E-state index in [1.54, 1.807) is 48.5 Å². The van der Waals surface area contributed by atoms with E-state index < -0.39 is 5.60 Å². The number of halogens is 1. The van der Waals surface area contributed by atoms with E-state index in [-0.39, 0.29) is 11.8 Å². The third-order valence-electron chi connectivity index (χ3n) is 3.80. The molecule has 1 saturated carbocycles. The highest BCUT2D eigenvalue weighted by Crippen LogP contribution is 2.41. The zero-order chi connectivity index (χ0) is 16.4. The SMILES string of the molecule is COC(=O)C1(Oc2ccc(C(=O)c3ccc(Cl)cc3)cc2)CC1. The molecule has 1 aliphatic carbocycles. The zero-order valence-electron chi connectivity index (χ0n) is 12.5.